The first-order chi connectivity index (χ1) is 10.5. The lowest BCUT2D eigenvalue weighted by molar-refractivity contribution is -0.605. The molecule has 2 rings (SSSR count). The SMILES string of the molecule is O=C(COC(=O)c1cc[n+]([O-])cc1)Nc1cc(Cl)ccc1Cl. The third kappa shape index (κ3) is 4.34. The second kappa shape index (κ2) is 7.11. The van der Waals surface area contributed by atoms with E-state index in [1.165, 1.54) is 24.3 Å². The number of hydrogen-bond donors (Lipinski definition) is 1. The Hall–Kier alpha value is -2.31. The van der Waals surface area contributed by atoms with Crippen molar-refractivity contribution in [1.82, 2.24) is 0 Å². The second-order valence-corrected chi connectivity index (χ2v) is 5.04. The molecular weight excluding hydrogens is 331 g/mol. The van der Waals surface area contributed by atoms with Crippen molar-refractivity contribution in [3.63, 3.8) is 0 Å². The number of carbonyl (C=O) groups excluding carboxylic acids is 2. The number of anilines is 1. The topological polar surface area (TPSA) is 82.3 Å². The summed E-state index contributed by atoms with van der Waals surface area (Å²) in [6, 6.07) is 7.18. The number of pyridine rings is 1. The molecule has 8 heteroatoms. The van der Waals surface area contributed by atoms with E-state index >= 15 is 0 Å². The Labute approximate surface area is 135 Å². The zero-order valence-electron chi connectivity index (χ0n) is 11.1. The minimum Gasteiger partial charge on any atom is -0.619 e. The number of hydrogen-bond acceptors (Lipinski definition) is 4. The van der Waals surface area contributed by atoms with Gasteiger partial charge in [-0.25, -0.2) is 4.79 Å². The van der Waals surface area contributed by atoms with E-state index in [0.717, 1.165) is 12.4 Å². The highest BCUT2D eigenvalue weighted by molar-refractivity contribution is 6.35. The molecule has 22 heavy (non-hydrogen) atoms. The van der Waals surface area contributed by atoms with Gasteiger partial charge in [-0.05, 0) is 18.2 Å². The van der Waals surface area contributed by atoms with E-state index in [1.54, 1.807) is 6.07 Å². The van der Waals surface area contributed by atoms with E-state index in [2.05, 4.69) is 5.32 Å². The number of rotatable bonds is 4. The summed E-state index contributed by atoms with van der Waals surface area (Å²) in [6.07, 6.45) is 2.31. The third-order valence-electron chi connectivity index (χ3n) is 2.57. The first kappa shape index (κ1) is 16.1. The van der Waals surface area contributed by atoms with E-state index < -0.39 is 18.5 Å². The Morgan fingerprint density at radius 1 is 1.18 bits per heavy atom. The quantitative estimate of drug-likeness (QED) is 0.526. The summed E-state index contributed by atoms with van der Waals surface area (Å²) in [5, 5.41) is 14.1. The van der Waals surface area contributed by atoms with E-state index in [1.807, 2.05) is 0 Å². The Morgan fingerprint density at radius 3 is 2.55 bits per heavy atom. The predicted octanol–water partition coefficient (Wildman–Crippen LogP) is 2.42. The molecule has 0 saturated carbocycles. The van der Waals surface area contributed by atoms with Crippen molar-refractivity contribution < 1.29 is 19.1 Å². The summed E-state index contributed by atoms with van der Waals surface area (Å²) in [6.45, 7) is -0.492. The molecule has 2 aromatic rings. The van der Waals surface area contributed by atoms with Gasteiger partial charge in [-0.15, -0.1) is 0 Å². The average molecular weight is 341 g/mol. The minimum atomic E-state index is -0.715. The summed E-state index contributed by atoms with van der Waals surface area (Å²) in [5.74, 6) is -1.28. The fourth-order valence-electron chi connectivity index (χ4n) is 1.54. The number of amides is 1. The summed E-state index contributed by atoms with van der Waals surface area (Å²) in [7, 11) is 0. The van der Waals surface area contributed by atoms with Crippen LogP contribution in [0.15, 0.2) is 42.7 Å². The van der Waals surface area contributed by atoms with Crippen LogP contribution in [-0.4, -0.2) is 18.5 Å². The van der Waals surface area contributed by atoms with Gasteiger partial charge in [0.25, 0.3) is 5.91 Å². The molecule has 0 atom stereocenters. The molecule has 0 aliphatic carbocycles. The molecule has 0 bridgehead atoms. The van der Waals surface area contributed by atoms with Gasteiger partial charge in [0.15, 0.2) is 19.0 Å². The van der Waals surface area contributed by atoms with Crippen LogP contribution in [0.1, 0.15) is 10.4 Å². The highest BCUT2D eigenvalue weighted by Crippen LogP contribution is 2.25. The molecule has 0 unspecified atom stereocenters. The van der Waals surface area contributed by atoms with Crippen LogP contribution in [0.3, 0.4) is 0 Å². The molecule has 0 radical (unpaired) electrons. The van der Waals surface area contributed by atoms with Crippen molar-refractivity contribution in [3.05, 3.63) is 63.5 Å². The number of nitrogens with one attached hydrogen (secondary N) is 1. The maximum Gasteiger partial charge on any atom is 0.339 e. The summed E-state index contributed by atoms with van der Waals surface area (Å²) in [5.41, 5.74) is 0.489. The van der Waals surface area contributed by atoms with Crippen molar-refractivity contribution in [2.24, 2.45) is 0 Å². The minimum absolute atomic E-state index is 0.167. The normalized spacial score (nSPS) is 10.1. The maximum atomic E-state index is 11.7. The van der Waals surface area contributed by atoms with Gasteiger partial charge in [0, 0.05) is 17.2 Å². The van der Waals surface area contributed by atoms with E-state index in [0.29, 0.717) is 20.5 Å². The predicted molar refractivity (Wildman–Crippen MR) is 80.8 cm³/mol. The summed E-state index contributed by atoms with van der Waals surface area (Å²) in [4.78, 5) is 23.4. The van der Waals surface area contributed by atoms with Crippen LogP contribution in [0.2, 0.25) is 10.0 Å². The molecule has 6 nitrogen and oxygen atoms in total. The Balaban J connectivity index is 1.91. The Bertz CT molecular complexity index is 704. The molecule has 114 valence electrons. The number of ether oxygens (including phenoxy) is 1. The van der Waals surface area contributed by atoms with Gasteiger partial charge in [-0.1, -0.05) is 23.2 Å². The van der Waals surface area contributed by atoms with Gasteiger partial charge in [0.05, 0.1) is 16.3 Å². The zero-order valence-corrected chi connectivity index (χ0v) is 12.6. The molecule has 1 heterocycles. The van der Waals surface area contributed by atoms with Crippen molar-refractivity contribution in [2.75, 3.05) is 11.9 Å². The number of halogens is 2. The van der Waals surface area contributed by atoms with Crippen LogP contribution < -0.4 is 10.0 Å². The lowest BCUT2D eigenvalue weighted by Gasteiger charge is -2.08. The van der Waals surface area contributed by atoms with Crippen LogP contribution in [0.5, 0.6) is 0 Å². The monoisotopic (exact) mass is 340 g/mol. The van der Waals surface area contributed by atoms with Crippen LogP contribution in [0.25, 0.3) is 0 Å². The fraction of sp³-hybridized carbons (Fsp3) is 0.0714. The summed E-state index contributed by atoms with van der Waals surface area (Å²) >= 11 is 11.7. The van der Waals surface area contributed by atoms with Gasteiger partial charge < -0.3 is 15.3 Å². The van der Waals surface area contributed by atoms with Crippen molar-refractivity contribution >= 4 is 40.8 Å². The first-order valence-electron chi connectivity index (χ1n) is 6.06. The number of carbonyl (C=O) groups is 2. The molecule has 0 aliphatic rings. The van der Waals surface area contributed by atoms with Crippen molar-refractivity contribution in [1.29, 1.82) is 0 Å². The van der Waals surface area contributed by atoms with Crippen molar-refractivity contribution in [3.8, 4) is 0 Å². The number of aromatic nitrogens is 1. The lowest BCUT2D eigenvalue weighted by atomic mass is 10.3. The van der Waals surface area contributed by atoms with E-state index in [-0.39, 0.29) is 5.56 Å². The van der Waals surface area contributed by atoms with Gasteiger partial charge in [0.2, 0.25) is 0 Å². The smallest absolute Gasteiger partial charge is 0.339 e. The van der Waals surface area contributed by atoms with Gasteiger partial charge in [-0.3, -0.25) is 4.79 Å². The van der Waals surface area contributed by atoms with Crippen LogP contribution in [-0.2, 0) is 9.53 Å². The third-order valence-corrected chi connectivity index (χ3v) is 3.14. The Morgan fingerprint density at radius 2 is 1.86 bits per heavy atom. The van der Waals surface area contributed by atoms with Crippen LogP contribution in [0, 0.1) is 5.21 Å². The van der Waals surface area contributed by atoms with Gasteiger partial charge >= 0.3 is 5.97 Å². The zero-order chi connectivity index (χ0) is 16.1. The largest absolute Gasteiger partial charge is 0.619 e. The lowest BCUT2D eigenvalue weighted by Crippen LogP contribution is -2.25. The van der Waals surface area contributed by atoms with Crippen LogP contribution >= 0.6 is 23.2 Å². The fourth-order valence-corrected chi connectivity index (χ4v) is 1.88. The highest BCUT2D eigenvalue weighted by atomic mass is 35.5. The van der Waals surface area contributed by atoms with Crippen molar-refractivity contribution in [2.45, 2.75) is 0 Å². The van der Waals surface area contributed by atoms with E-state index in [9.17, 15) is 14.8 Å². The average Bonchev–Trinajstić information content (AvgIpc) is 2.49. The molecule has 0 fully saturated rings. The van der Waals surface area contributed by atoms with Crippen LogP contribution in [0.4, 0.5) is 5.69 Å². The molecule has 0 saturated heterocycles. The molecule has 1 N–H and O–H groups in total. The second-order valence-electron chi connectivity index (χ2n) is 4.20. The standard InChI is InChI=1S/C14H10Cl2N2O4/c15-10-1-2-11(16)12(7-10)17-13(19)8-22-14(20)9-3-5-18(21)6-4-9/h1-7H,8H2,(H,17,19). The molecule has 1 aromatic heterocycles. The molecule has 1 aromatic carbocycles. The first-order valence-corrected chi connectivity index (χ1v) is 6.82. The van der Waals surface area contributed by atoms with Gasteiger partial charge in [-0.2, -0.15) is 4.73 Å². The number of benzene rings is 1. The maximum absolute atomic E-state index is 11.7. The Kier molecular flexibility index (Phi) is 5.19. The van der Waals surface area contributed by atoms with Gasteiger partial charge in [0.1, 0.15) is 0 Å². The molecule has 1 amide bonds. The number of nitrogens with zero attached hydrogens (tertiary/aromatic N) is 1. The molecule has 0 spiro atoms. The molecule has 0 aliphatic heterocycles. The van der Waals surface area contributed by atoms with E-state index in [4.69, 9.17) is 27.9 Å². The summed E-state index contributed by atoms with van der Waals surface area (Å²) < 4.78 is 5.37. The number of esters is 1. The molecular formula is C14H10Cl2N2O4. The highest BCUT2D eigenvalue weighted by Gasteiger charge is 2.12.